The highest BCUT2D eigenvalue weighted by Gasteiger charge is 2.50. The molecule has 0 bridgehead atoms. The van der Waals surface area contributed by atoms with Gasteiger partial charge in [0.2, 0.25) is 0 Å². The molecule has 4 rings (SSSR count). The molecule has 0 fully saturated rings. The molecule has 0 aromatic heterocycles. The Morgan fingerprint density at radius 2 is 1.46 bits per heavy atom. The quantitative estimate of drug-likeness (QED) is 0.625. The fourth-order valence-electron chi connectivity index (χ4n) is 3.21. The molecule has 1 aliphatic heterocycles. The first-order chi connectivity index (χ1) is 11.6. The molecule has 24 heavy (non-hydrogen) atoms. The van der Waals surface area contributed by atoms with Gasteiger partial charge in [0.25, 0.3) is 5.91 Å². The monoisotopic (exact) mass is 427 g/mol. The van der Waals surface area contributed by atoms with E-state index in [1.54, 1.807) is 6.07 Å². The minimum Gasteiger partial charge on any atom is -0.363 e. The van der Waals surface area contributed by atoms with Crippen LogP contribution < -0.4 is 4.90 Å². The number of hydrogen-bond donors (Lipinski definition) is 1. The number of hydrogen-bond acceptors (Lipinski definition) is 2. The smallest absolute Gasteiger partial charge is 0.261 e. The average molecular weight is 427 g/mol. The molecule has 1 heterocycles. The third kappa shape index (κ3) is 2.17. The maximum Gasteiger partial charge on any atom is 0.261 e. The number of amides is 1. The average Bonchev–Trinajstić information content (AvgIpc) is 2.86. The van der Waals surface area contributed by atoms with E-state index >= 15 is 0 Å². The van der Waals surface area contributed by atoms with Gasteiger partial charge >= 0.3 is 0 Å². The SMILES string of the molecule is O=C1c2ccccc2[C@](O)(c2ccccc2)N1c1ccc(I)cc1. The van der Waals surface area contributed by atoms with Gasteiger partial charge in [-0.1, -0.05) is 48.5 Å². The summed E-state index contributed by atoms with van der Waals surface area (Å²) in [5.41, 5.74) is 0.967. The molecule has 3 aromatic carbocycles. The minimum absolute atomic E-state index is 0.196. The lowest BCUT2D eigenvalue weighted by molar-refractivity contribution is 0.0703. The topological polar surface area (TPSA) is 40.5 Å². The van der Waals surface area contributed by atoms with Crippen molar-refractivity contribution in [1.82, 2.24) is 0 Å². The Kier molecular flexibility index (Phi) is 3.66. The second-order valence-corrected chi connectivity index (χ2v) is 6.95. The van der Waals surface area contributed by atoms with Crippen LogP contribution in [0.3, 0.4) is 0 Å². The minimum atomic E-state index is -1.51. The van der Waals surface area contributed by atoms with Gasteiger partial charge < -0.3 is 5.11 Å². The zero-order valence-electron chi connectivity index (χ0n) is 12.7. The Hall–Kier alpha value is -2.18. The molecule has 0 saturated carbocycles. The summed E-state index contributed by atoms with van der Waals surface area (Å²) in [6.07, 6.45) is 0. The van der Waals surface area contributed by atoms with Crippen LogP contribution in [0.4, 0.5) is 5.69 Å². The van der Waals surface area contributed by atoms with Crippen LogP contribution in [0.15, 0.2) is 78.9 Å². The van der Waals surface area contributed by atoms with Gasteiger partial charge in [0, 0.05) is 25.9 Å². The van der Waals surface area contributed by atoms with E-state index < -0.39 is 5.72 Å². The Morgan fingerprint density at radius 1 is 0.833 bits per heavy atom. The molecule has 3 aromatic rings. The van der Waals surface area contributed by atoms with Crippen LogP contribution >= 0.6 is 22.6 Å². The summed E-state index contributed by atoms with van der Waals surface area (Å²) in [5.74, 6) is -0.196. The van der Waals surface area contributed by atoms with Crippen molar-refractivity contribution in [3.8, 4) is 0 Å². The van der Waals surface area contributed by atoms with Crippen molar-refractivity contribution in [2.24, 2.45) is 0 Å². The third-order valence-corrected chi connectivity index (χ3v) is 5.04. The van der Waals surface area contributed by atoms with Crippen molar-refractivity contribution in [2.45, 2.75) is 5.72 Å². The zero-order chi connectivity index (χ0) is 16.7. The van der Waals surface area contributed by atoms with Crippen LogP contribution in [0, 0.1) is 3.57 Å². The molecule has 1 amide bonds. The molecular formula is C20H14INO2. The van der Waals surface area contributed by atoms with Gasteiger partial charge in [0.05, 0.1) is 0 Å². The predicted molar refractivity (Wildman–Crippen MR) is 102 cm³/mol. The summed E-state index contributed by atoms with van der Waals surface area (Å²) >= 11 is 2.22. The number of fused-ring (bicyclic) bond motifs is 1. The van der Waals surface area contributed by atoms with Gasteiger partial charge in [0.15, 0.2) is 5.72 Å². The maximum atomic E-state index is 13.0. The Labute approximate surface area is 153 Å². The van der Waals surface area contributed by atoms with Crippen LogP contribution in [0.25, 0.3) is 0 Å². The number of nitrogens with zero attached hydrogens (tertiary/aromatic N) is 1. The largest absolute Gasteiger partial charge is 0.363 e. The standard InChI is InChI=1S/C20H14INO2/c21-15-10-12-16(13-11-15)22-19(23)17-8-4-5-9-18(17)20(22,24)14-6-2-1-3-7-14/h1-13,24H/t20-/m1/s1. The summed E-state index contributed by atoms with van der Waals surface area (Å²) < 4.78 is 1.07. The number of rotatable bonds is 2. The van der Waals surface area contributed by atoms with Crippen molar-refractivity contribution in [3.05, 3.63) is 99.1 Å². The van der Waals surface area contributed by atoms with E-state index in [0.29, 0.717) is 22.4 Å². The van der Waals surface area contributed by atoms with Crippen molar-refractivity contribution in [3.63, 3.8) is 0 Å². The van der Waals surface area contributed by atoms with E-state index in [0.717, 1.165) is 3.57 Å². The Balaban J connectivity index is 1.98. The van der Waals surface area contributed by atoms with Crippen molar-refractivity contribution < 1.29 is 9.90 Å². The highest BCUT2D eigenvalue weighted by molar-refractivity contribution is 14.1. The molecular weight excluding hydrogens is 413 g/mol. The summed E-state index contributed by atoms with van der Waals surface area (Å²) in [4.78, 5) is 14.5. The second-order valence-electron chi connectivity index (χ2n) is 5.70. The molecule has 118 valence electrons. The van der Waals surface area contributed by atoms with Crippen LogP contribution in [-0.4, -0.2) is 11.0 Å². The van der Waals surface area contributed by atoms with E-state index in [-0.39, 0.29) is 5.91 Å². The number of benzene rings is 3. The first kappa shape index (κ1) is 15.4. The zero-order valence-corrected chi connectivity index (χ0v) is 14.8. The molecule has 1 N–H and O–H groups in total. The molecule has 0 radical (unpaired) electrons. The normalized spacial score (nSPS) is 19.4. The van der Waals surface area contributed by atoms with E-state index in [2.05, 4.69) is 22.6 Å². The van der Waals surface area contributed by atoms with Gasteiger partial charge in [0.1, 0.15) is 0 Å². The summed E-state index contributed by atoms with van der Waals surface area (Å²) in [7, 11) is 0. The van der Waals surface area contributed by atoms with Crippen LogP contribution in [0.2, 0.25) is 0 Å². The number of carbonyl (C=O) groups is 1. The van der Waals surface area contributed by atoms with E-state index in [1.807, 2.05) is 72.8 Å². The Bertz CT molecular complexity index is 908. The fraction of sp³-hybridized carbons (Fsp3) is 0.0500. The molecule has 4 heteroatoms. The first-order valence-corrected chi connectivity index (χ1v) is 8.68. The maximum absolute atomic E-state index is 13.0. The lowest BCUT2D eigenvalue weighted by atomic mass is 9.93. The molecule has 1 atom stereocenters. The van der Waals surface area contributed by atoms with Gasteiger partial charge in [-0.2, -0.15) is 0 Å². The fourth-order valence-corrected chi connectivity index (χ4v) is 3.57. The van der Waals surface area contributed by atoms with Crippen molar-refractivity contribution in [2.75, 3.05) is 4.90 Å². The van der Waals surface area contributed by atoms with Gasteiger partial charge in [-0.3, -0.25) is 9.69 Å². The lowest BCUT2D eigenvalue weighted by Crippen LogP contribution is -2.45. The van der Waals surface area contributed by atoms with E-state index in [9.17, 15) is 9.90 Å². The molecule has 3 nitrogen and oxygen atoms in total. The summed E-state index contributed by atoms with van der Waals surface area (Å²) in [6, 6.07) is 24.1. The van der Waals surface area contributed by atoms with Crippen molar-refractivity contribution in [1.29, 1.82) is 0 Å². The van der Waals surface area contributed by atoms with Crippen LogP contribution in [-0.2, 0) is 5.72 Å². The van der Waals surface area contributed by atoms with Gasteiger partial charge in [-0.15, -0.1) is 0 Å². The number of aliphatic hydroxyl groups is 1. The van der Waals surface area contributed by atoms with Crippen LogP contribution in [0.1, 0.15) is 21.5 Å². The molecule has 0 unspecified atom stereocenters. The summed E-state index contributed by atoms with van der Waals surface area (Å²) in [6.45, 7) is 0. The van der Waals surface area contributed by atoms with Crippen LogP contribution in [0.5, 0.6) is 0 Å². The highest BCUT2D eigenvalue weighted by Crippen LogP contribution is 2.44. The Morgan fingerprint density at radius 3 is 2.17 bits per heavy atom. The lowest BCUT2D eigenvalue weighted by Gasteiger charge is -2.34. The number of carbonyl (C=O) groups excluding carboxylic acids is 1. The molecule has 0 aliphatic carbocycles. The van der Waals surface area contributed by atoms with E-state index in [4.69, 9.17) is 0 Å². The second kappa shape index (κ2) is 5.72. The first-order valence-electron chi connectivity index (χ1n) is 7.60. The molecule has 0 spiro atoms. The number of halogens is 1. The highest BCUT2D eigenvalue weighted by atomic mass is 127. The van der Waals surface area contributed by atoms with E-state index in [1.165, 1.54) is 4.90 Å². The number of anilines is 1. The molecule has 1 aliphatic rings. The molecule has 0 saturated heterocycles. The predicted octanol–water partition coefficient (Wildman–Crippen LogP) is 4.15. The summed E-state index contributed by atoms with van der Waals surface area (Å²) in [5, 5.41) is 11.7. The van der Waals surface area contributed by atoms with Gasteiger partial charge in [-0.25, -0.2) is 0 Å². The van der Waals surface area contributed by atoms with Gasteiger partial charge in [-0.05, 0) is 52.9 Å². The van der Waals surface area contributed by atoms with Crippen molar-refractivity contribution >= 4 is 34.2 Å². The third-order valence-electron chi connectivity index (χ3n) is 4.32.